The number of aromatic hydroxyl groups is 1. The average Bonchev–Trinajstić information content (AvgIpc) is 3.67. The molecule has 0 unspecified atom stereocenters. The molecule has 0 atom stereocenters. The number of nitrogens with two attached hydrogens (primary N) is 1. The largest absolute Gasteiger partial charge is 0.507 e. The number of aromatic nitrogens is 2. The van der Waals surface area contributed by atoms with Crippen molar-refractivity contribution in [3.63, 3.8) is 0 Å². The van der Waals surface area contributed by atoms with Crippen molar-refractivity contribution in [2.75, 3.05) is 18.4 Å². The fraction of sp³-hybridized carbons (Fsp3) is 0.357. The number of carbonyl (C=O) groups excluding carboxylic acids is 2. The summed E-state index contributed by atoms with van der Waals surface area (Å²) in [6.07, 6.45) is 4.31. The van der Waals surface area contributed by atoms with E-state index in [0.717, 1.165) is 18.4 Å². The minimum Gasteiger partial charge on any atom is -0.507 e. The molecule has 0 spiro atoms. The van der Waals surface area contributed by atoms with Gasteiger partial charge in [-0.25, -0.2) is 4.39 Å². The number of rotatable bonds is 8. The van der Waals surface area contributed by atoms with E-state index in [9.17, 15) is 20.0 Å². The molecule has 5 rings (SSSR count). The lowest BCUT2D eigenvalue weighted by Crippen LogP contribution is -2.46. The Morgan fingerprint density at radius 1 is 1.21 bits per heavy atom. The zero-order valence-electron chi connectivity index (χ0n) is 20.9. The monoisotopic (exact) mass is 516 g/mol. The van der Waals surface area contributed by atoms with Crippen LogP contribution in [0.3, 0.4) is 0 Å². The topological polar surface area (TPSA) is 137 Å². The highest BCUT2D eigenvalue weighted by molar-refractivity contribution is 6.02. The van der Waals surface area contributed by atoms with E-state index in [-0.39, 0.29) is 35.4 Å². The molecule has 0 radical (unpaired) electrons. The van der Waals surface area contributed by atoms with Crippen LogP contribution in [-0.4, -0.2) is 44.7 Å². The number of phenols is 1. The minimum atomic E-state index is -0.707. The molecule has 1 aliphatic heterocycles. The van der Waals surface area contributed by atoms with Crippen LogP contribution >= 0.6 is 0 Å². The molecule has 2 aliphatic rings. The van der Waals surface area contributed by atoms with Gasteiger partial charge in [0.25, 0.3) is 5.91 Å². The molecule has 3 aromatic rings. The van der Waals surface area contributed by atoms with Crippen molar-refractivity contribution in [3.05, 3.63) is 65.6 Å². The highest BCUT2D eigenvalue weighted by atomic mass is 19.1. The molecule has 2 heterocycles. The van der Waals surface area contributed by atoms with Gasteiger partial charge in [0.1, 0.15) is 17.1 Å². The van der Waals surface area contributed by atoms with Gasteiger partial charge in [-0.3, -0.25) is 19.2 Å². The molecule has 2 aromatic carbocycles. The standard InChI is InChI=1S/C28H29FN6O3/c29-23-15-21(18-4-2-1-3-5-18)24(36)14-20(23)16-34-12-9-28(8-11-30,10-13-34)35-17-22(25(31)37)26(33-35)32-27(38)19-6-7-19/h1-5,14-15,17,19,36H,6-10,12-13,16H2,(H2,31,37)(H,32,33,38). The third-order valence-corrected chi connectivity index (χ3v) is 7.49. The summed E-state index contributed by atoms with van der Waals surface area (Å²) in [5.41, 5.74) is 6.51. The van der Waals surface area contributed by atoms with E-state index in [4.69, 9.17) is 5.73 Å². The Bertz CT molecular complexity index is 1400. The summed E-state index contributed by atoms with van der Waals surface area (Å²) >= 11 is 0. The summed E-state index contributed by atoms with van der Waals surface area (Å²) in [4.78, 5) is 26.4. The number of anilines is 1. The maximum Gasteiger partial charge on any atom is 0.254 e. The van der Waals surface area contributed by atoms with Gasteiger partial charge in [0.2, 0.25) is 5.91 Å². The van der Waals surface area contributed by atoms with Crippen LogP contribution in [-0.2, 0) is 16.9 Å². The molecule has 9 nitrogen and oxygen atoms in total. The molecule has 2 fully saturated rings. The van der Waals surface area contributed by atoms with Crippen LogP contribution in [0.5, 0.6) is 5.75 Å². The van der Waals surface area contributed by atoms with Crippen molar-refractivity contribution in [1.82, 2.24) is 14.7 Å². The molecule has 38 heavy (non-hydrogen) atoms. The second kappa shape index (κ2) is 10.3. The molecule has 10 heteroatoms. The number of benzene rings is 2. The van der Waals surface area contributed by atoms with Crippen molar-refractivity contribution in [2.45, 2.75) is 44.2 Å². The molecule has 1 saturated carbocycles. The lowest BCUT2D eigenvalue weighted by molar-refractivity contribution is -0.117. The van der Waals surface area contributed by atoms with Crippen molar-refractivity contribution in [1.29, 1.82) is 5.26 Å². The smallest absolute Gasteiger partial charge is 0.254 e. The van der Waals surface area contributed by atoms with Crippen molar-refractivity contribution >= 4 is 17.6 Å². The molecule has 1 aromatic heterocycles. The van der Waals surface area contributed by atoms with E-state index in [1.54, 1.807) is 4.68 Å². The van der Waals surface area contributed by atoms with Crippen LogP contribution in [0, 0.1) is 23.1 Å². The van der Waals surface area contributed by atoms with Crippen LogP contribution in [0.1, 0.15) is 48.0 Å². The van der Waals surface area contributed by atoms with Gasteiger partial charge in [0, 0.05) is 42.9 Å². The molecular formula is C28H29FN6O3. The van der Waals surface area contributed by atoms with E-state index >= 15 is 4.39 Å². The molecule has 196 valence electrons. The molecule has 1 saturated heterocycles. The van der Waals surface area contributed by atoms with Gasteiger partial charge < -0.3 is 16.2 Å². The van der Waals surface area contributed by atoms with E-state index < -0.39 is 17.3 Å². The van der Waals surface area contributed by atoms with E-state index in [1.165, 1.54) is 18.3 Å². The average molecular weight is 517 g/mol. The first-order chi connectivity index (χ1) is 18.3. The highest BCUT2D eigenvalue weighted by Crippen LogP contribution is 2.37. The lowest BCUT2D eigenvalue weighted by Gasteiger charge is -2.40. The maximum atomic E-state index is 15.0. The van der Waals surface area contributed by atoms with E-state index in [1.807, 2.05) is 30.3 Å². The number of carbonyl (C=O) groups is 2. The Morgan fingerprint density at radius 3 is 2.55 bits per heavy atom. The van der Waals surface area contributed by atoms with Crippen LogP contribution in [0.25, 0.3) is 11.1 Å². The molecule has 2 amide bonds. The number of nitrogens with one attached hydrogen (secondary N) is 1. The van der Waals surface area contributed by atoms with Gasteiger partial charge >= 0.3 is 0 Å². The van der Waals surface area contributed by atoms with Crippen LogP contribution in [0.4, 0.5) is 10.2 Å². The zero-order valence-corrected chi connectivity index (χ0v) is 20.9. The summed E-state index contributed by atoms with van der Waals surface area (Å²) in [5.74, 6) is -1.24. The predicted molar refractivity (Wildman–Crippen MR) is 138 cm³/mol. The quantitative estimate of drug-likeness (QED) is 0.417. The molecule has 4 N–H and O–H groups in total. The van der Waals surface area contributed by atoms with Gasteiger partial charge in [0.15, 0.2) is 5.82 Å². The van der Waals surface area contributed by atoms with E-state index in [2.05, 4.69) is 21.4 Å². The number of primary amides is 1. The summed E-state index contributed by atoms with van der Waals surface area (Å²) in [6.45, 7) is 1.38. The summed E-state index contributed by atoms with van der Waals surface area (Å²) in [5, 5.41) is 27.4. The minimum absolute atomic E-state index is 0.0136. The highest BCUT2D eigenvalue weighted by Gasteiger charge is 2.39. The van der Waals surface area contributed by atoms with Gasteiger partial charge in [-0.15, -0.1) is 0 Å². The number of piperidine rings is 1. The zero-order chi connectivity index (χ0) is 26.9. The van der Waals surface area contributed by atoms with Gasteiger partial charge in [-0.1, -0.05) is 30.3 Å². The van der Waals surface area contributed by atoms with Gasteiger partial charge in [-0.05, 0) is 43.4 Å². The number of hydrogen-bond acceptors (Lipinski definition) is 6. The number of phenolic OH excluding ortho intramolecular Hbond substituents is 1. The Kier molecular flexibility index (Phi) is 6.87. The third kappa shape index (κ3) is 5.10. The summed E-state index contributed by atoms with van der Waals surface area (Å²) < 4.78 is 16.6. The van der Waals surface area contributed by atoms with Crippen LogP contribution in [0.15, 0.2) is 48.7 Å². The molecule has 0 bridgehead atoms. The Morgan fingerprint density at radius 2 is 1.92 bits per heavy atom. The van der Waals surface area contributed by atoms with Crippen LogP contribution < -0.4 is 11.1 Å². The molecular weight excluding hydrogens is 487 g/mol. The Balaban J connectivity index is 1.32. The molecule has 1 aliphatic carbocycles. The number of nitriles is 1. The first-order valence-corrected chi connectivity index (χ1v) is 12.7. The number of nitrogens with zero attached hydrogens (tertiary/aromatic N) is 4. The maximum absolute atomic E-state index is 15.0. The predicted octanol–water partition coefficient (Wildman–Crippen LogP) is 3.75. The first-order valence-electron chi connectivity index (χ1n) is 12.7. The van der Waals surface area contributed by atoms with Gasteiger partial charge in [0.05, 0.1) is 18.0 Å². The fourth-order valence-electron chi connectivity index (χ4n) is 5.03. The second-order valence-corrected chi connectivity index (χ2v) is 10.1. The number of halogens is 1. The summed E-state index contributed by atoms with van der Waals surface area (Å²) in [6, 6.07) is 14.2. The fourth-order valence-corrected chi connectivity index (χ4v) is 5.03. The summed E-state index contributed by atoms with van der Waals surface area (Å²) in [7, 11) is 0. The number of hydrogen-bond donors (Lipinski definition) is 3. The van der Waals surface area contributed by atoms with Crippen molar-refractivity contribution in [2.24, 2.45) is 11.7 Å². The SMILES string of the molecule is N#CCC1(n2cc(C(N)=O)c(NC(=O)C3CC3)n2)CCN(Cc2cc(O)c(-c3ccccc3)cc2F)CC1. The van der Waals surface area contributed by atoms with Crippen LogP contribution in [0.2, 0.25) is 0 Å². The normalized spacial score (nSPS) is 17.1. The van der Waals surface area contributed by atoms with Crippen molar-refractivity contribution < 1.29 is 19.1 Å². The Labute approximate surface area is 219 Å². The number of likely N-dealkylation sites (tertiary alicyclic amines) is 1. The third-order valence-electron chi connectivity index (χ3n) is 7.49. The second-order valence-electron chi connectivity index (χ2n) is 10.1. The number of amides is 2. The Hall–Kier alpha value is -4.23. The lowest BCUT2D eigenvalue weighted by atomic mass is 9.84. The first kappa shape index (κ1) is 25.4. The van der Waals surface area contributed by atoms with Crippen molar-refractivity contribution in [3.8, 4) is 22.9 Å². The van der Waals surface area contributed by atoms with Gasteiger partial charge in [-0.2, -0.15) is 10.4 Å². The van der Waals surface area contributed by atoms with E-state index in [0.29, 0.717) is 43.6 Å².